The van der Waals surface area contributed by atoms with Crippen LogP contribution in [-0.4, -0.2) is 25.6 Å². The van der Waals surface area contributed by atoms with Crippen LogP contribution in [0.25, 0.3) is 0 Å². The Kier molecular flexibility index (Phi) is 6.84. The zero-order valence-corrected chi connectivity index (χ0v) is 17.6. The molecule has 0 spiro atoms. The highest BCUT2D eigenvalue weighted by Crippen LogP contribution is 2.27. The summed E-state index contributed by atoms with van der Waals surface area (Å²) in [6, 6.07) is 13.5. The van der Waals surface area contributed by atoms with Crippen LogP contribution in [0.1, 0.15) is 55.6 Å². The Morgan fingerprint density at radius 2 is 1.89 bits per heavy atom. The molecule has 150 valence electrons. The molecule has 1 atom stereocenters. The number of halogens is 1. The Bertz CT molecular complexity index is 799. The minimum Gasteiger partial charge on any atom is -0.492 e. The fourth-order valence-electron chi connectivity index (χ4n) is 3.52. The highest BCUT2D eigenvalue weighted by Gasteiger charge is 2.17. The van der Waals surface area contributed by atoms with E-state index in [-0.39, 0.29) is 11.9 Å². The summed E-state index contributed by atoms with van der Waals surface area (Å²) in [5.41, 5.74) is 2.87. The minimum absolute atomic E-state index is 0.0896. The van der Waals surface area contributed by atoms with Crippen LogP contribution in [0.2, 0.25) is 5.02 Å². The molecule has 1 heterocycles. The number of carbonyl (C=O) groups excluding carboxylic acids is 1. The summed E-state index contributed by atoms with van der Waals surface area (Å²) in [5.74, 6) is 1.27. The van der Waals surface area contributed by atoms with Gasteiger partial charge in [0.15, 0.2) is 0 Å². The van der Waals surface area contributed by atoms with E-state index < -0.39 is 0 Å². The number of hydrogen-bond donors (Lipinski definition) is 1. The van der Waals surface area contributed by atoms with Gasteiger partial charge in [0.25, 0.3) is 5.91 Å². The van der Waals surface area contributed by atoms with Crippen molar-refractivity contribution in [3.8, 4) is 5.75 Å². The number of ether oxygens (including phenoxy) is 1. The lowest BCUT2D eigenvalue weighted by Gasteiger charge is -2.32. The summed E-state index contributed by atoms with van der Waals surface area (Å²) < 4.78 is 5.42. The van der Waals surface area contributed by atoms with Crippen LogP contribution in [0.4, 0.5) is 5.69 Å². The average Bonchev–Trinajstić information content (AvgIpc) is 2.70. The Hall–Kier alpha value is -2.20. The molecule has 2 aromatic carbocycles. The van der Waals surface area contributed by atoms with Gasteiger partial charge in [0, 0.05) is 24.3 Å². The number of nitrogens with zero attached hydrogens (tertiary/aromatic N) is 1. The van der Waals surface area contributed by atoms with E-state index in [1.165, 1.54) is 18.5 Å². The minimum atomic E-state index is -0.147. The number of rotatable bonds is 6. The number of hydrogen-bond acceptors (Lipinski definition) is 3. The van der Waals surface area contributed by atoms with Gasteiger partial charge in [-0.1, -0.05) is 30.7 Å². The van der Waals surface area contributed by atoms with Crippen molar-refractivity contribution in [2.24, 2.45) is 5.92 Å². The number of anilines is 1. The van der Waals surface area contributed by atoms with Gasteiger partial charge in [-0.15, -0.1) is 0 Å². The van der Waals surface area contributed by atoms with Gasteiger partial charge >= 0.3 is 0 Å². The van der Waals surface area contributed by atoms with E-state index in [9.17, 15) is 4.79 Å². The van der Waals surface area contributed by atoms with E-state index in [0.29, 0.717) is 22.9 Å². The molecular weight excluding hydrogens is 372 g/mol. The SMILES string of the molecule is CCOc1ccc(C(=O)N[C@H](C)c2ccc(N3CCC(C)CC3)cc2)cc1Cl. The van der Waals surface area contributed by atoms with Gasteiger partial charge in [0.2, 0.25) is 0 Å². The van der Waals surface area contributed by atoms with Crippen molar-refractivity contribution in [2.75, 3.05) is 24.6 Å². The topological polar surface area (TPSA) is 41.6 Å². The van der Waals surface area contributed by atoms with Crippen molar-refractivity contribution >= 4 is 23.2 Å². The predicted octanol–water partition coefficient (Wildman–Crippen LogP) is 5.47. The Labute approximate surface area is 172 Å². The van der Waals surface area contributed by atoms with E-state index in [2.05, 4.69) is 41.4 Å². The molecule has 0 aliphatic carbocycles. The first-order valence-electron chi connectivity index (χ1n) is 10.1. The molecule has 28 heavy (non-hydrogen) atoms. The third-order valence-electron chi connectivity index (χ3n) is 5.38. The maximum Gasteiger partial charge on any atom is 0.251 e. The second kappa shape index (κ2) is 9.33. The number of amides is 1. The number of nitrogens with one attached hydrogen (secondary N) is 1. The highest BCUT2D eigenvalue weighted by atomic mass is 35.5. The third kappa shape index (κ3) is 4.99. The molecule has 4 nitrogen and oxygen atoms in total. The molecule has 0 radical (unpaired) electrons. The zero-order chi connectivity index (χ0) is 20.1. The van der Waals surface area contributed by atoms with Crippen LogP contribution in [-0.2, 0) is 0 Å². The second-order valence-corrected chi connectivity index (χ2v) is 7.94. The molecule has 0 saturated carbocycles. The molecular formula is C23H29ClN2O2. The molecule has 0 unspecified atom stereocenters. The van der Waals surface area contributed by atoms with Gasteiger partial charge in [-0.2, -0.15) is 0 Å². The van der Waals surface area contributed by atoms with Crippen molar-refractivity contribution < 1.29 is 9.53 Å². The molecule has 5 heteroatoms. The second-order valence-electron chi connectivity index (χ2n) is 7.53. The Morgan fingerprint density at radius 3 is 2.50 bits per heavy atom. The number of carbonyl (C=O) groups is 1. The van der Waals surface area contributed by atoms with Crippen molar-refractivity contribution in [2.45, 2.75) is 39.7 Å². The zero-order valence-electron chi connectivity index (χ0n) is 16.9. The van der Waals surface area contributed by atoms with Crippen LogP contribution in [0, 0.1) is 5.92 Å². The van der Waals surface area contributed by atoms with Gasteiger partial charge in [0.1, 0.15) is 5.75 Å². The van der Waals surface area contributed by atoms with Gasteiger partial charge in [-0.3, -0.25) is 4.79 Å². The molecule has 1 saturated heterocycles. The molecule has 1 aliphatic heterocycles. The van der Waals surface area contributed by atoms with Crippen molar-refractivity contribution in [1.29, 1.82) is 0 Å². The van der Waals surface area contributed by atoms with Crippen LogP contribution < -0.4 is 15.0 Å². The Morgan fingerprint density at radius 1 is 1.21 bits per heavy atom. The maximum atomic E-state index is 12.6. The molecule has 1 aliphatic rings. The average molecular weight is 401 g/mol. The number of piperidine rings is 1. The molecule has 1 fully saturated rings. The molecule has 0 bridgehead atoms. The Balaban J connectivity index is 1.61. The van der Waals surface area contributed by atoms with Crippen LogP contribution in [0.5, 0.6) is 5.75 Å². The third-order valence-corrected chi connectivity index (χ3v) is 5.68. The van der Waals surface area contributed by atoms with E-state index in [1.807, 2.05) is 13.8 Å². The molecule has 1 N–H and O–H groups in total. The fraction of sp³-hybridized carbons (Fsp3) is 0.435. The molecule has 0 aromatic heterocycles. The summed E-state index contributed by atoms with van der Waals surface area (Å²) in [7, 11) is 0. The largest absolute Gasteiger partial charge is 0.492 e. The first-order chi connectivity index (χ1) is 13.5. The molecule has 1 amide bonds. The van der Waals surface area contributed by atoms with Crippen molar-refractivity contribution in [3.63, 3.8) is 0 Å². The smallest absolute Gasteiger partial charge is 0.251 e. The molecule has 3 rings (SSSR count). The summed E-state index contributed by atoms with van der Waals surface area (Å²) in [4.78, 5) is 15.0. The first kappa shape index (κ1) is 20.5. The number of benzene rings is 2. The lowest BCUT2D eigenvalue weighted by molar-refractivity contribution is 0.0940. The van der Waals surface area contributed by atoms with Crippen molar-refractivity contribution in [1.82, 2.24) is 5.32 Å². The monoisotopic (exact) mass is 400 g/mol. The van der Waals surface area contributed by atoms with Crippen LogP contribution in [0.3, 0.4) is 0 Å². The summed E-state index contributed by atoms with van der Waals surface area (Å²) in [5, 5.41) is 3.49. The first-order valence-corrected chi connectivity index (χ1v) is 10.4. The quantitative estimate of drug-likeness (QED) is 0.699. The maximum absolute atomic E-state index is 12.6. The lowest BCUT2D eigenvalue weighted by Crippen LogP contribution is -2.32. The standard InChI is InChI=1S/C23H29ClN2O2/c1-4-28-22-10-7-19(15-21(22)24)23(27)25-17(3)18-5-8-20(9-6-18)26-13-11-16(2)12-14-26/h5-10,15-17H,4,11-14H2,1-3H3,(H,25,27)/t17-/m1/s1. The summed E-state index contributed by atoms with van der Waals surface area (Å²) >= 11 is 6.20. The van der Waals surface area contributed by atoms with Crippen LogP contribution in [0.15, 0.2) is 42.5 Å². The van der Waals surface area contributed by atoms with Crippen molar-refractivity contribution in [3.05, 3.63) is 58.6 Å². The highest BCUT2D eigenvalue weighted by molar-refractivity contribution is 6.32. The predicted molar refractivity (Wildman–Crippen MR) is 116 cm³/mol. The summed E-state index contributed by atoms with van der Waals surface area (Å²) in [6.45, 7) is 8.98. The summed E-state index contributed by atoms with van der Waals surface area (Å²) in [6.07, 6.45) is 2.50. The van der Waals surface area contributed by atoms with Gasteiger partial charge in [0.05, 0.1) is 17.7 Å². The van der Waals surface area contributed by atoms with Gasteiger partial charge in [-0.25, -0.2) is 0 Å². The van der Waals surface area contributed by atoms with Gasteiger partial charge < -0.3 is 15.0 Å². The van der Waals surface area contributed by atoms with Gasteiger partial charge in [-0.05, 0) is 68.5 Å². The fourth-order valence-corrected chi connectivity index (χ4v) is 3.75. The van der Waals surface area contributed by atoms with E-state index in [4.69, 9.17) is 16.3 Å². The molecule has 2 aromatic rings. The normalized spacial score (nSPS) is 15.9. The van der Waals surface area contributed by atoms with E-state index >= 15 is 0 Å². The van der Waals surface area contributed by atoms with Crippen LogP contribution >= 0.6 is 11.6 Å². The lowest BCUT2D eigenvalue weighted by atomic mass is 9.98. The van der Waals surface area contributed by atoms with E-state index in [0.717, 1.165) is 24.6 Å². The van der Waals surface area contributed by atoms with E-state index in [1.54, 1.807) is 18.2 Å².